The lowest BCUT2D eigenvalue weighted by Gasteiger charge is -2.12. The number of unbranched alkanes of at least 4 members (excludes halogenated alkanes) is 11. The summed E-state index contributed by atoms with van der Waals surface area (Å²) in [5, 5.41) is 6.40. The van der Waals surface area contributed by atoms with Crippen LogP contribution in [0.25, 0.3) is 0 Å². The van der Waals surface area contributed by atoms with Crippen LogP contribution in [0.15, 0.2) is 60.1 Å². The van der Waals surface area contributed by atoms with Crippen molar-refractivity contribution in [1.82, 2.24) is 0 Å². The van der Waals surface area contributed by atoms with Crippen LogP contribution in [0.4, 0.5) is 5.69 Å². The number of anilines is 1. The van der Waals surface area contributed by atoms with Crippen molar-refractivity contribution >= 4 is 22.9 Å². The average Bonchev–Trinajstić information content (AvgIpc) is 3.32. The Balaban J connectivity index is 0.00000507. The molecule has 0 aliphatic rings. The highest BCUT2D eigenvalue weighted by atomic mass is 79.9. The minimum atomic E-state index is -0.138. The van der Waals surface area contributed by atoms with E-state index in [-0.39, 0.29) is 22.9 Å². The zero-order chi connectivity index (χ0) is 26.1. The molecule has 0 bridgehead atoms. The van der Waals surface area contributed by atoms with Crippen molar-refractivity contribution in [1.29, 1.82) is 0 Å². The highest BCUT2D eigenvalue weighted by Crippen LogP contribution is 2.21. The van der Waals surface area contributed by atoms with Crippen LogP contribution in [0.3, 0.4) is 0 Å². The molecule has 38 heavy (non-hydrogen) atoms. The highest BCUT2D eigenvalue weighted by molar-refractivity contribution is 7.09. The molecule has 3 rings (SSSR count). The fourth-order valence-corrected chi connectivity index (χ4v) is 5.20. The standard InChI is InChI=1S/C32H44N2O2S.BrH/c1-3-4-5-6-7-8-9-10-11-12-13-16-24-36-31-18-15-14-17-30(31)32(35)33-29-21-19-28(20-22-29)26-34-23-25-37-27(34)2;/h14-15,17-23,25H,3-13,16,24,26H2,1-2H3;1H. The first kappa shape index (κ1) is 32.0. The SMILES string of the molecule is CCCCCCCCCCCCCCOc1ccccc1C(=O)Nc1ccc(C[n+]2ccsc2C)cc1.[Br-]. The van der Waals surface area contributed by atoms with Gasteiger partial charge in [0, 0.05) is 18.2 Å². The number of aryl methyl sites for hydroxylation is 1. The molecule has 0 aliphatic carbocycles. The van der Waals surface area contributed by atoms with Gasteiger partial charge < -0.3 is 27.0 Å². The number of rotatable bonds is 18. The third kappa shape index (κ3) is 11.7. The molecule has 0 saturated heterocycles. The summed E-state index contributed by atoms with van der Waals surface area (Å²) in [6, 6.07) is 15.6. The molecule has 3 aromatic rings. The number of carbonyl (C=O) groups excluding carboxylic acids is 1. The number of carbonyl (C=O) groups is 1. The number of hydrogen-bond donors (Lipinski definition) is 1. The molecule has 1 heterocycles. The maximum Gasteiger partial charge on any atom is 0.259 e. The summed E-state index contributed by atoms with van der Waals surface area (Å²) in [6.45, 7) is 5.88. The predicted molar refractivity (Wildman–Crippen MR) is 156 cm³/mol. The number of para-hydroxylation sites is 1. The van der Waals surface area contributed by atoms with Crippen molar-refractivity contribution in [2.24, 2.45) is 0 Å². The summed E-state index contributed by atoms with van der Waals surface area (Å²) in [6.07, 6.45) is 17.9. The van der Waals surface area contributed by atoms with Crippen LogP contribution in [0.5, 0.6) is 5.75 Å². The Kier molecular flexibility index (Phi) is 16.0. The first-order chi connectivity index (χ1) is 18.2. The molecular weight excluding hydrogens is 556 g/mol. The van der Waals surface area contributed by atoms with E-state index in [1.807, 2.05) is 36.4 Å². The topological polar surface area (TPSA) is 42.2 Å². The zero-order valence-electron chi connectivity index (χ0n) is 23.2. The van der Waals surface area contributed by atoms with Gasteiger partial charge in [-0.15, -0.1) is 0 Å². The van der Waals surface area contributed by atoms with Gasteiger partial charge in [0.05, 0.1) is 17.6 Å². The molecule has 0 radical (unpaired) electrons. The van der Waals surface area contributed by atoms with Gasteiger partial charge >= 0.3 is 0 Å². The zero-order valence-corrected chi connectivity index (χ0v) is 25.6. The summed E-state index contributed by atoms with van der Waals surface area (Å²) in [5.74, 6) is 0.519. The number of amides is 1. The number of nitrogens with one attached hydrogen (secondary N) is 1. The van der Waals surface area contributed by atoms with E-state index < -0.39 is 0 Å². The van der Waals surface area contributed by atoms with Crippen LogP contribution >= 0.6 is 11.3 Å². The van der Waals surface area contributed by atoms with Crippen molar-refractivity contribution in [2.75, 3.05) is 11.9 Å². The largest absolute Gasteiger partial charge is 1.00 e. The monoisotopic (exact) mass is 600 g/mol. The maximum absolute atomic E-state index is 13.0. The fourth-order valence-electron chi connectivity index (χ4n) is 4.53. The van der Waals surface area contributed by atoms with Gasteiger partial charge in [0.15, 0.2) is 12.7 Å². The molecule has 1 amide bonds. The van der Waals surface area contributed by atoms with E-state index in [1.165, 1.54) is 81.2 Å². The second-order valence-corrected chi connectivity index (χ2v) is 11.0. The average molecular weight is 602 g/mol. The minimum absolute atomic E-state index is 0. The molecule has 0 atom stereocenters. The van der Waals surface area contributed by atoms with E-state index in [0.717, 1.165) is 18.7 Å². The number of benzene rings is 2. The third-order valence-corrected chi connectivity index (χ3v) is 7.67. The molecular formula is C32H45BrN2O2S. The number of thiazole rings is 1. The van der Waals surface area contributed by atoms with E-state index in [0.29, 0.717) is 17.9 Å². The van der Waals surface area contributed by atoms with E-state index >= 15 is 0 Å². The van der Waals surface area contributed by atoms with Gasteiger partial charge in [0.1, 0.15) is 5.75 Å². The Morgan fingerprint density at radius 3 is 2.05 bits per heavy atom. The van der Waals surface area contributed by atoms with Crippen LogP contribution in [-0.2, 0) is 6.54 Å². The third-order valence-electron chi connectivity index (χ3n) is 6.84. The molecule has 0 spiro atoms. The second-order valence-electron chi connectivity index (χ2n) is 9.93. The van der Waals surface area contributed by atoms with Crippen LogP contribution in [0, 0.1) is 6.92 Å². The van der Waals surface area contributed by atoms with Gasteiger partial charge in [-0.05, 0) is 30.7 Å². The van der Waals surface area contributed by atoms with Crippen molar-refractivity contribution in [3.63, 3.8) is 0 Å². The molecule has 0 aliphatic heterocycles. The summed E-state index contributed by atoms with van der Waals surface area (Å²) in [5.41, 5.74) is 2.57. The lowest BCUT2D eigenvalue weighted by atomic mass is 10.1. The highest BCUT2D eigenvalue weighted by Gasteiger charge is 2.13. The molecule has 0 saturated carbocycles. The Morgan fingerprint density at radius 2 is 1.45 bits per heavy atom. The Hall–Kier alpha value is -2.18. The van der Waals surface area contributed by atoms with Crippen LogP contribution in [0.1, 0.15) is 105 Å². The van der Waals surface area contributed by atoms with E-state index in [4.69, 9.17) is 4.74 Å². The molecule has 0 fully saturated rings. The first-order valence-electron chi connectivity index (χ1n) is 14.2. The van der Waals surface area contributed by atoms with E-state index in [2.05, 4.69) is 47.4 Å². The molecule has 208 valence electrons. The first-order valence-corrected chi connectivity index (χ1v) is 15.1. The molecule has 4 nitrogen and oxygen atoms in total. The number of aromatic nitrogens is 1. The van der Waals surface area contributed by atoms with Gasteiger partial charge in [-0.25, -0.2) is 0 Å². The van der Waals surface area contributed by atoms with Gasteiger partial charge in [0.2, 0.25) is 5.01 Å². The molecule has 2 aromatic carbocycles. The summed E-state index contributed by atoms with van der Waals surface area (Å²) < 4.78 is 8.24. The van der Waals surface area contributed by atoms with Gasteiger partial charge in [0.25, 0.3) is 5.91 Å². The van der Waals surface area contributed by atoms with Gasteiger partial charge in [-0.3, -0.25) is 4.79 Å². The normalized spacial score (nSPS) is 10.7. The van der Waals surface area contributed by atoms with Crippen molar-refractivity contribution in [3.8, 4) is 5.75 Å². The minimum Gasteiger partial charge on any atom is -1.00 e. The number of ether oxygens (including phenoxy) is 1. The number of hydrogen-bond acceptors (Lipinski definition) is 3. The molecule has 1 N–H and O–H groups in total. The Labute approximate surface area is 244 Å². The van der Waals surface area contributed by atoms with Gasteiger partial charge in [-0.2, -0.15) is 4.57 Å². The van der Waals surface area contributed by atoms with Crippen molar-refractivity contribution in [3.05, 3.63) is 76.2 Å². The summed E-state index contributed by atoms with van der Waals surface area (Å²) in [7, 11) is 0. The maximum atomic E-state index is 13.0. The number of nitrogens with zero attached hydrogens (tertiary/aromatic N) is 1. The molecule has 1 aromatic heterocycles. The fraction of sp³-hybridized carbons (Fsp3) is 0.500. The second kappa shape index (κ2) is 19.0. The van der Waals surface area contributed by atoms with Crippen LogP contribution in [-0.4, -0.2) is 12.5 Å². The summed E-state index contributed by atoms with van der Waals surface area (Å²) in [4.78, 5) is 13.0. The van der Waals surface area contributed by atoms with Crippen LogP contribution < -0.4 is 31.6 Å². The van der Waals surface area contributed by atoms with E-state index in [9.17, 15) is 4.79 Å². The predicted octanol–water partition coefficient (Wildman–Crippen LogP) is 5.73. The Bertz CT molecular complexity index is 1050. The lowest BCUT2D eigenvalue weighted by Crippen LogP contribution is -3.00. The van der Waals surface area contributed by atoms with E-state index in [1.54, 1.807) is 11.3 Å². The van der Waals surface area contributed by atoms with Crippen molar-refractivity contribution in [2.45, 2.75) is 97.4 Å². The summed E-state index contributed by atoms with van der Waals surface area (Å²) >= 11 is 1.74. The Morgan fingerprint density at radius 1 is 0.842 bits per heavy atom. The molecule has 0 unspecified atom stereocenters. The van der Waals surface area contributed by atoms with Crippen molar-refractivity contribution < 1.29 is 31.1 Å². The van der Waals surface area contributed by atoms with Gasteiger partial charge in [-0.1, -0.05) is 113 Å². The van der Waals surface area contributed by atoms with Crippen LogP contribution in [0.2, 0.25) is 0 Å². The molecule has 6 heteroatoms. The lowest BCUT2D eigenvalue weighted by molar-refractivity contribution is -0.689. The smallest absolute Gasteiger partial charge is 0.259 e. The quantitative estimate of drug-likeness (QED) is 0.150. The number of halogens is 1.